The summed E-state index contributed by atoms with van der Waals surface area (Å²) in [4.78, 5) is 27.5. The van der Waals surface area contributed by atoms with E-state index in [1.807, 2.05) is 36.4 Å². The van der Waals surface area contributed by atoms with E-state index in [0.29, 0.717) is 37.6 Å². The van der Waals surface area contributed by atoms with Crippen molar-refractivity contribution in [2.24, 2.45) is 0 Å². The molecule has 2 aromatic carbocycles. The lowest BCUT2D eigenvalue weighted by atomic mass is 9.84. The average molecular weight is 499 g/mol. The van der Waals surface area contributed by atoms with Gasteiger partial charge in [0.25, 0.3) is 0 Å². The zero-order valence-corrected chi connectivity index (χ0v) is 20.4. The largest absolute Gasteiger partial charge is 0.489 e. The van der Waals surface area contributed by atoms with E-state index < -0.39 is 17.0 Å². The Morgan fingerprint density at radius 3 is 2.49 bits per heavy atom. The van der Waals surface area contributed by atoms with E-state index in [0.717, 1.165) is 43.5 Å². The summed E-state index contributed by atoms with van der Waals surface area (Å²) >= 11 is 6.13. The minimum absolute atomic E-state index is 0.0202. The first-order valence-electron chi connectivity index (χ1n) is 12.3. The van der Waals surface area contributed by atoms with Gasteiger partial charge in [-0.1, -0.05) is 29.8 Å². The highest BCUT2D eigenvalue weighted by molar-refractivity contribution is 6.30. The Labute approximate surface area is 210 Å². The molecule has 5 rings (SSSR count). The van der Waals surface area contributed by atoms with Crippen molar-refractivity contribution in [3.05, 3.63) is 64.7 Å². The maximum Gasteiger partial charge on any atom is 0.335 e. The molecule has 0 bridgehead atoms. The fourth-order valence-corrected chi connectivity index (χ4v) is 5.61. The molecule has 2 heterocycles. The second kappa shape index (κ2) is 9.80. The number of nitrogens with zero attached hydrogens (tertiary/aromatic N) is 1. The number of carboxylic acid groups (broad SMARTS) is 1. The smallest absolute Gasteiger partial charge is 0.335 e. The van der Waals surface area contributed by atoms with Gasteiger partial charge in [-0.05, 0) is 81.0 Å². The van der Waals surface area contributed by atoms with Gasteiger partial charge in [0.05, 0.1) is 11.1 Å². The standard InChI is InChI=1S/C27H31ClN2O5/c28-21-3-1-4-22(17-21)35-23-5-2-14-30(18-23)27(12-15-34-16-13-27)25(33)29-26(10-11-26)20-8-6-19(7-9-20)24(31)32/h1,3-4,6-9,17,23H,2,5,10-16,18H2,(H,29,33)(H,31,32)/t23-/m0/s1. The van der Waals surface area contributed by atoms with Gasteiger partial charge in [0.15, 0.2) is 0 Å². The topological polar surface area (TPSA) is 88.1 Å². The number of nitrogens with one attached hydrogen (secondary N) is 1. The SMILES string of the molecule is O=C(O)c1ccc(C2(NC(=O)C3(N4CCC[C@H](Oc5cccc(Cl)c5)C4)CCOCC3)CC2)cc1. The van der Waals surface area contributed by atoms with Crippen LogP contribution in [0.5, 0.6) is 5.75 Å². The molecule has 35 heavy (non-hydrogen) atoms. The number of carbonyl (C=O) groups is 2. The number of halogens is 1. The van der Waals surface area contributed by atoms with Crippen molar-refractivity contribution in [3.8, 4) is 5.75 Å². The van der Waals surface area contributed by atoms with Crippen molar-refractivity contribution in [2.75, 3.05) is 26.3 Å². The molecule has 0 unspecified atom stereocenters. The fourth-order valence-electron chi connectivity index (χ4n) is 5.43. The number of hydrogen-bond acceptors (Lipinski definition) is 5. The van der Waals surface area contributed by atoms with Crippen LogP contribution < -0.4 is 10.1 Å². The van der Waals surface area contributed by atoms with Crippen molar-refractivity contribution < 1.29 is 24.2 Å². The molecule has 1 aliphatic carbocycles. The molecule has 1 saturated carbocycles. The van der Waals surface area contributed by atoms with Crippen LogP contribution in [0.2, 0.25) is 5.02 Å². The van der Waals surface area contributed by atoms with Gasteiger partial charge in [-0.15, -0.1) is 0 Å². The zero-order chi connectivity index (χ0) is 24.5. The highest BCUT2D eigenvalue weighted by Crippen LogP contribution is 2.46. The monoisotopic (exact) mass is 498 g/mol. The van der Waals surface area contributed by atoms with Crippen LogP contribution >= 0.6 is 11.6 Å². The Balaban J connectivity index is 1.33. The van der Waals surface area contributed by atoms with Crippen LogP contribution in [0.4, 0.5) is 0 Å². The maximum absolute atomic E-state index is 14.0. The Kier molecular flexibility index (Phi) is 6.75. The van der Waals surface area contributed by atoms with Gasteiger partial charge in [0, 0.05) is 24.8 Å². The fraction of sp³-hybridized carbons (Fsp3) is 0.481. The summed E-state index contributed by atoms with van der Waals surface area (Å²) in [6.07, 6.45) is 4.82. The third-order valence-electron chi connectivity index (χ3n) is 7.61. The van der Waals surface area contributed by atoms with E-state index >= 15 is 0 Å². The van der Waals surface area contributed by atoms with E-state index in [1.54, 1.807) is 12.1 Å². The van der Waals surface area contributed by atoms with E-state index in [4.69, 9.17) is 21.1 Å². The van der Waals surface area contributed by atoms with E-state index in [2.05, 4.69) is 10.2 Å². The lowest BCUT2D eigenvalue weighted by Crippen LogP contribution is -2.65. The molecule has 3 fully saturated rings. The van der Waals surface area contributed by atoms with E-state index in [1.165, 1.54) is 0 Å². The first-order valence-corrected chi connectivity index (χ1v) is 12.7. The summed E-state index contributed by atoms with van der Waals surface area (Å²) in [5.74, 6) is -0.174. The Morgan fingerprint density at radius 1 is 1.09 bits per heavy atom. The Hall–Kier alpha value is -2.61. The third kappa shape index (κ3) is 5.03. The normalized spacial score (nSPS) is 23.3. The first-order chi connectivity index (χ1) is 16.9. The number of piperidine rings is 1. The average Bonchev–Trinajstić information content (AvgIpc) is 3.65. The molecule has 0 radical (unpaired) electrons. The molecule has 1 amide bonds. The number of likely N-dealkylation sites (tertiary alicyclic amines) is 1. The van der Waals surface area contributed by atoms with Crippen molar-refractivity contribution in [2.45, 2.75) is 55.7 Å². The molecule has 3 aliphatic rings. The van der Waals surface area contributed by atoms with Crippen LogP contribution in [0.1, 0.15) is 54.4 Å². The van der Waals surface area contributed by atoms with Gasteiger partial charge in [0.2, 0.25) is 5.91 Å². The zero-order valence-electron chi connectivity index (χ0n) is 19.7. The van der Waals surface area contributed by atoms with E-state index in [9.17, 15) is 14.7 Å². The van der Waals surface area contributed by atoms with Crippen molar-refractivity contribution >= 4 is 23.5 Å². The first kappa shape index (κ1) is 24.1. The lowest BCUT2D eigenvalue weighted by Gasteiger charge is -2.48. The van der Waals surface area contributed by atoms with Crippen LogP contribution in [0, 0.1) is 0 Å². The molecule has 7 nitrogen and oxygen atoms in total. The third-order valence-corrected chi connectivity index (χ3v) is 7.85. The Bertz CT molecular complexity index is 1080. The van der Waals surface area contributed by atoms with Crippen molar-refractivity contribution in [1.82, 2.24) is 10.2 Å². The summed E-state index contributed by atoms with van der Waals surface area (Å²) in [5.41, 5.74) is 0.131. The number of benzene rings is 2. The molecular weight excluding hydrogens is 468 g/mol. The molecular formula is C27H31ClN2O5. The quantitative estimate of drug-likeness (QED) is 0.593. The molecule has 8 heteroatoms. The summed E-state index contributed by atoms with van der Waals surface area (Å²) in [6, 6.07) is 14.3. The molecule has 0 aromatic heterocycles. The number of ether oxygens (including phenoxy) is 2. The minimum Gasteiger partial charge on any atom is -0.489 e. The van der Waals surface area contributed by atoms with Gasteiger partial charge in [-0.3, -0.25) is 9.69 Å². The molecule has 2 saturated heterocycles. The Morgan fingerprint density at radius 2 is 1.83 bits per heavy atom. The highest BCUT2D eigenvalue weighted by Gasteiger charge is 2.52. The van der Waals surface area contributed by atoms with Crippen molar-refractivity contribution in [3.63, 3.8) is 0 Å². The van der Waals surface area contributed by atoms with Crippen LogP contribution in [0.25, 0.3) is 0 Å². The van der Waals surface area contributed by atoms with Gasteiger partial charge in [-0.25, -0.2) is 4.79 Å². The predicted octanol–water partition coefficient (Wildman–Crippen LogP) is 4.24. The number of amides is 1. The molecule has 2 aromatic rings. The maximum atomic E-state index is 14.0. The number of aromatic carboxylic acids is 1. The molecule has 0 spiro atoms. The van der Waals surface area contributed by atoms with Crippen LogP contribution in [0.15, 0.2) is 48.5 Å². The summed E-state index contributed by atoms with van der Waals surface area (Å²) in [7, 11) is 0. The van der Waals surface area contributed by atoms with Crippen LogP contribution in [-0.2, 0) is 15.1 Å². The summed E-state index contributed by atoms with van der Waals surface area (Å²) in [6.45, 7) is 2.59. The number of rotatable bonds is 7. The molecule has 186 valence electrons. The summed E-state index contributed by atoms with van der Waals surface area (Å²) in [5, 5.41) is 13.2. The second-order valence-corrected chi connectivity index (χ2v) is 10.3. The lowest BCUT2D eigenvalue weighted by molar-refractivity contribution is -0.145. The van der Waals surface area contributed by atoms with Crippen LogP contribution in [-0.4, -0.2) is 59.8 Å². The number of hydrogen-bond donors (Lipinski definition) is 2. The highest BCUT2D eigenvalue weighted by atomic mass is 35.5. The van der Waals surface area contributed by atoms with E-state index in [-0.39, 0.29) is 17.6 Å². The minimum atomic E-state index is -0.953. The van der Waals surface area contributed by atoms with Crippen LogP contribution in [0.3, 0.4) is 0 Å². The second-order valence-electron chi connectivity index (χ2n) is 9.85. The summed E-state index contributed by atoms with van der Waals surface area (Å²) < 4.78 is 11.9. The van der Waals surface area contributed by atoms with Gasteiger partial charge in [0.1, 0.15) is 17.4 Å². The van der Waals surface area contributed by atoms with Gasteiger partial charge < -0.3 is 19.9 Å². The number of carboxylic acids is 1. The molecule has 2 aliphatic heterocycles. The van der Waals surface area contributed by atoms with Gasteiger partial charge >= 0.3 is 5.97 Å². The molecule has 2 N–H and O–H groups in total. The predicted molar refractivity (Wildman–Crippen MR) is 132 cm³/mol. The number of carbonyl (C=O) groups excluding carboxylic acids is 1. The van der Waals surface area contributed by atoms with Crippen molar-refractivity contribution in [1.29, 1.82) is 0 Å². The molecule has 1 atom stereocenters. The van der Waals surface area contributed by atoms with Gasteiger partial charge in [-0.2, -0.15) is 0 Å².